The van der Waals surface area contributed by atoms with Gasteiger partial charge in [-0.2, -0.15) is 0 Å². The smallest absolute Gasteiger partial charge is 0.340 e. The molecule has 0 saturated carbocycles. The number of benzene rings is 1. The molecule has 0 saturated heterocycles. The van der Waals surface area contributed by atoms with Gasteiger partial charge in [0.1, 0.15) is 11.3 Å². The van der Waals surface area contributed by atoms with Gasteiger partial charge >= 0.3 is 5.63 Å². The molecular formula is C18H15ClN2O4. The second-order valence-corrected chi connectivity index (χ2v) is 5.85. The second kappa shape index (κ2) is 6.94. The van der Waals surface area contributed by atoms with Crippen molar-refractivity contribution in [3.05, 3.63) is 63.2 Å². The highest BCUT2D eigenvalue weighted by atomic mass is 35.5. The number of aryl methyl sites for hydroxylation is 1. The topological polar surface area (TPSA) is 81.4 Å². The monoisotopic (exact) mass is 358 g/mol. The first-order valence-electron chi connectivity index (χ1n) is 7.49. The molecule has 3 aromatic rings. The van der Waals surface area contributed by atoms with Crippen molar-refractivity contribution in [1.82, 2.24) is 4.98 Å². The van der Waals surface area contributed by atoms with Crippen molar-refractivity contribution in [3.63, 3.8) is 0 Å². The van der Waals surface area contributed by atoms with Gasteiger partial charge in [-0.05, 0) is 30.7 Å². The van der Waals surface area contributed by atoms with E-state index in [9.17, 15) is 9.59 Å². The molecular weight excluding hydrogens is 344 g/mol. The van der Waals surface area contributed by atoms with Gasteiger partial charge in [-0.15, -0.1) is 0 Å². The first-order chi connectivity index (χ1) is 12.0. The lowest BCUT2D eigenvalue weighted by atomic mass is 10.0. The number of carbonyl (C=O) groups excluding carboxylic acids is 1. The standard InChI is InChI=1S/C18H15ClN2O4/c1-10-12-6-14(19)16(24-2)8-15(12)25-18(23)13(10)7-17(22)21-11-4-3-5-20-9-11/h3-6,8-9H,7H2,1-2H3,(H,21,22). The van der Waals surface area contributed by atoms with Crippen LogP contribution in [-0.4, -0.2) is 18.0 Å². The van der Waals surface area contributed by atoms with Crippen LogP contribution in [0.3, 0.4) is 0 Å². The zero-order chi connectivity index (χ0) is 18.0. The van der Waals surface area contributed by atoms with Crippen LogP contribution in [0.4, 0.5) is 5.69 Å². The Morgan fingerprint density at radius 2 is 2.20 bits per heavy atom. The Morgan fingerprint density at radius 3 is 2.88 bits per heavy atom. The van der Waals surface area contributed by atoms with Crippen molar-refractivity contribution >= 4 is 34.2 Å². The number of pyridine rings is 1. The van der Waals surface area contributed by atoms with E-state index in [2.05, 4.69) is 10.3 Å². The van der Waals surface area contributed by atoms with Gasteiger partial charge in [0.25, 0.3) is 0 Å². The number of ether oxygens (including phenoxy) is 1. The largest absolute Gasteiger partial charge is 0.495 e. The summed E-state index contributed by atoms with van der Waals surface area (Å²) in [6.45, 7) is 1.76. The normalized spacial score (nSPS) is 10.7. The van der Waals surface area contributed by atoms with E-state index in [0.717, 1.165) is 0 Å². The van der Waals surface area contributed by atoms with Gasteiger partial charge in [0.15, 0.2) is 0 Å². The van der Waals surface area contributed by atoms with Gasteiger partial charge < -0.3 is 14.5 Å². The molecule has 0 aliphatic carbocycles. The molecule has 0 bridgehead atoms. The van der Waals surface area contributed by atoms with E-state index in [0.29, 0.717) is 33.0 Å². The lowest BCUT2D eigenvalue weighted by Gasteiger charge is -2.10. The molecule has 2 aromatic heterocycles. The summed E-state index contributed by atoms with van der Waals surface area (Å²) in [7, 11) is 1.48. The molecule has 1 amide bonds. The van der Waals surface area contributed by atoms with E-state index in [-0.39, 0.29) is 17.9 Å². The number of amides is 1. The second-order valence-electron chi connectivity index (χ2n) is 5.44. The van der Waals surface area contributed by atoms with Crippen LogP contribution >= 0.6 is 11.6 Å². The van der Waals surface area contributed by atoms with Crippen LogP contribution < -0.4 is 15.7 Å². The Labute approximate surface area is 148 Å². The molecule has 0 atom stereocenters. The summed E-state index contributed by atoms with van der Waals surface area (Å²) in [5.74, 6) is 0.0844. The third kappa shape index (κ3) is 3.49. The number of nitrogens with zero attached hydrogens (tertiary/aromatic N) is 1. The average Bonchev–Trinajstić information content (AvgIpc) is 2.60. The van der Waals surface area contributed by atoms with E-state index in [1.165, 1.54) is 13.3 Å². The summed E-state index contributed by atoms with van der Waals surface area (Å²) in [6, 6.07) is 6.65. The molecule has 0 spiro atoms. The summed E-state index contributed by atoms with van der Waals surface area (Å²) >= 11 is 6.15. The van der Waals surface area contributed by atoms with Crippen LogP contribution in [-0.2, 0) is 11.2 Å². The minimum Gasteiger partial charge on any atom is -0.495 e. The van der Waals surface area contributed by atoms with E-state index in [4.69, 9.17) is 20.8 Å². The Bertz CT molecular complexity index is 999. The molecule has 6 nitrogen and oxygen atoms in total. The number of rotatable bonds is 4. The molecule has 0 aliphatic heterocycles. The van der Waals surface area contributed by atoms with Crippen LogP contribution in [0, 0.1) is 6.92 Å². The summed E-state index contributed by atoms with van der Waals surface area (Å²) in [6.07, 6.45) is 3.03. The molecule has 25 heavy (non-hydrogen) atoms. The van der Waals surface area contributed by atoms with Crippen molar-refractivity contribution in [3.8, 4) is 5.75 Å². The number of nitrogens with one attached hydrogen (secondary N) is 1. The Balaban J connectivity index is 1.96. The highest BCUT2D eigenvalue weighted by Crippen LogP contribution is 2.31. The predicted octanol–water partition coefficient (Wildman–Crippen LogP) is 3.34. The third-order valence-electron chi connectivity index (χ3n) is 3.84. The van der Waals surface area contributed by atoms with Gasteiger partial charge in [0.05, 0.1) is 36.0 Å². The molecule has 3 rings (SSSR count). The fourth-order valence-electron chi connectivity index (χ4n) is 2.55. The number of halogens is 1. The summed E-state index contributed by atoms with van der Waals surface area (Å²) in [4.78, 5) is 28.4. The maximum absolute atomic E-state index is 12.3. The quantitative estimate of drug-likeness (QED) is 0.723. The van der Waals surface area contributed by atoms with E-state index in [1.54, 1.807) is 37.4 Å². The summed E-state index contributed by atoms with van der Waals surface area (Å²) in [5, 5.41) is 3.76. The summed E-state index contributed by atoms with van der Waals surface area (Å²) < 4.78 is 10.5. The van der Waals surface area contributed by atoms with Crippen molar-refractivity contribution in [2.24, 2.45) is 0 Å². The molecule has 1 N–H and O–H groups in total. The first kappa shape index (κ1) is 17.0. The van der Waals surface area contributed by atoms with Crippen molar-refractivity contribution < 1.29 is 13.9 Å². The molecule has 7 heteroatoms. The summed E-state index contributed by atoms with van der Waals surface area (Å²) in [5.41, 5.74) is 1.30. The fourth-order valence-corrected chi connectivity index (χ4v) is 2.79. The molecule has 0 radical (unpaired) electrons. The van der Waals surface area contributed by atoms with Gasteiger partial charge in [0.2, 0.25) is 5.91 Å². The van der Waals surface area contributed by atoms with Crippen molar-refractivity contribution in [2.45, 2.75) is 13.3 Å². The van der Waals surface area contributed by atoms with Gasteiger partial charge in [-0.3, -0.25) is 9.78 Å². The molecule has 1 aromatic carbocycles. The maximum Gasteiger partial charge on any atom is 0.340 e. The number of hydrogen-bond acceptors (Lipinski definition) is 5. The minimum absolute atomic E-state index is 0.108. The first-order valence-corrected chi connectivity index (χ1v) is 7.87. The average molecular weight is 359 g/mol. The number of aromatic nitrogens is 1. The molecule has 2 heterocycles. The lowest BCUT2D eigenvalue weighted by molar-refractivity contribution is -0.115. The van der Waals surface area contributed by atoms with E-state index < -0.39 is 5.63 Å². The molecule has 0 aliphatic rings. The SMILES string of the molecule is COc1cc2oc(=O)c(CC(=O)Nc3cccnc3)c(C)c2cc1Cl. The van der Waals surface area contributed by atoms with Crippen LogP contribution in [0.1, 0.15) is 11.1 Å². The van der Waals surface area contributed by atoms with E-state index in [1.807, 2.05) is 0 Å². The van der Waals surface area contributed by atoms with Gasteiger partial charge in [-0.1, -0.05) is 11.6 Å². The molecule has 128 valence electrons. The van der Waals surface area contributed by atoms with Crippen molar-refractivity contribution in [1.29, 1.82) is 0 Å². The van der Waals surface area contributed by atoms with E-state index >= 15 is 0 Å². The van der Waals surface area contributed by atoms with Crippen LogP contribution in [0.25, 0.3) is 11.0 Å². The number of carbonyl (C=O) groups is 1. The zero-order valence-corrected chi connectivity index (χ0v) is 14.4. The molecule has 0 fully saturated rings. The Hall–Kier alpha value is -2.86. The number of methoxy groups -OCH3 is 1. The van der Waals surface area contributed by atoms with Crippen molar-refractivity contribution in [2.75, 3.05) is 12.4 Å². The third-order valence-corrected chi connectivity index (χ3v) is 4.14. The van der Waals surface area contributed by atoms with Crippen LogP contribution in [0.5, 0.6) is 5.75 Å². The van der Waals surface area contributed by atoms with Crippen LogP contribution in [0.2, 0.25) is 5.02 Å². The maximum atomic E-state index is 12.3. The highest BCUT2D eigenvalue weighted by Gasteiger charge is 2.17. The predicted molar refractivity (Wildman–Crippen MR) is 95.4 cm³/mol. The molecule has 0 unspecified atom stereocenters. The Kier molecular flexibility index (Phi) is 4.72. The zero-order valence-electron chi connectivity index (χ0n) is 13.6. The van der Waals surface area contributed by atoms with Gasteiger partial charge in [0, 0.05) is 17.6 Å². The van der Waals surface area contributed by atoms with Gasteiger partial charge in [-0.25, -0.2) is 4.79 Å². The number of fused-ring (bicyclic) bond motifs is 1. The van der Waals surface area contributed by atoms with Crippen LogP contribution in [0.15, 0.2) is 45.9 Å². The lowest BCUT2D eigenvalue weighted by Crippen LogP contribution is -2.20. The fraction of sp³-hybridized carbons (Fsp3) is 0.167. The number of hydrogen-bond donors (Lipinski definition) is 1. The Morgan fingerprint density at radius 1 is 1.40 bits per heavy atom. The number of anilines is 1. The minimum atomic E-state index is -0.560. The highest BCUT2D eigenvalue weighted by molar-refractivity contribution is 6.32.